The van der Waals surface area contributed by atoms with Crippen LogP contribution in [0.25, 0.3) is 0 Å². The minimum atomic E-state index is -0.0319. The quantitative estimate of drug-likeness (QED) is 0.883. The number of nitrogens with two attached hydrogens (primary N) is 1. The van der Waals surface area contributed by atoms with Crippen molar-refractivity contribution in [1.29, 1.82) is 0 Å². The molecular weight excluding hydrogens is 238 g/mol. The van der Waals surface area contributed by atoms with E-state index in [2.05, 4.69) is 6.92 Å². The minimum Gasteiger partial charge on any atom is -0.496 e. The number of aryl methyl sites for hydroxylation is 1. The van der Waals surface area contributed by atoms with Crippen LogP contribution in [-0.4, -0.2) is 14.2 Å². The van der Waals surface area contributed by atoms with E-state index >= 15 is 0 Å². The summed E-state index contributed by atoms with van der Waals surface area (Å²) in [6, 6.07) is 3.95. The van der Waals surface area contributed by atoms with Gasteiger partial charge in [-0.3, -0.25) is 0 Å². The molecule has 0 aromatic heterocycles. The van der Waals surface area contributed by atoms with Crippen molar-refractivity contribution in [3.8, 4) is 11.5 Å². The average Bonchev–Trinajstić information content (AvgIpc) is 2.27. The van der Waals surface area contributed by atoms with Crippen molar-refractivity contribution in [1.82, 2.24) is 0 Å². The van der Waals surface area contributed by atoms with E-state index in [1.165, 1.54) is 0 Å². The van der Waals surface area contributed by atoms with Gasteiger partial charge in [0.25, 0.3) is 0 Å². The molecule has 1 atom stereocenters. The fourth-order valence-corrected chi connectivity index (χ4v) is 1.89. The van der Waals surface area contributed by atoms with Crippen molar-refractivity contribution < 1.29 is 9.47 Å². The largest absolute Gasteiger partial charge is 0.496 e. The molecular formula is C13H22ClNO2. The van der Waals surface area contributed by atoms with Crippen LogP contribution < -0.4 is 15.2 Å². The molecule has 0 aliphatic heterocycles. The molecule has 0 radical (unpaired) electrons. The maximum absolute atomic E-state index is 6.15. The molecule has 0 bridgehead atoms. The lowest BCUT2D eigenvalue weighted by molar-refractivity contribution is 0.376. The third-order valence-electron chi connectivity index (χ3n) is 2.66. The van der Waals surface area contributed by atoms with E-state index in [9.17, 15) is 0 Å². The highest BCUT2D eigenvalue weighted by molar-refractivity contribution is 5.85. The van der Waals surface area contributed by atoms with Gasteiger partial charge in [-0.15, -0.1) is 12.4 Å². The molecule has 98 valence electrons. The molecule has 1 aromatic carbocycles. The number of rotatable bonds is 5. The van der Waals surface area contributed by atoms with E-state index < -0.39 is 0 Å². The van der Waals surface area contributed by atoms with Crippen LogP contribution in [0.1, 0.15) is 36.9 Å². The summed E-state index contributed by atoms with van der Waals surface area (Å²) in [5.74, 6) is 1.63. The second kappa shape index (κ2) is 7.41. The van der Waals surface area contributed by atoms with Crippen LogP contribution in [-0.2, 0) is 0 Å². The van der Waals surface area contributed by atoms with E-state index in [1.807, 2.05) is 19.1 Å². The van der Waals surface area contributed by atoms with Crippen molar-refractivity contribution in [3.05, 3.63) is 23.3 Å². The summed E-state index contributed by atoms with van der Waals surface area (Å²) in [5, 5.41) is 0. The van der Waals surface area contributed by atoms with Crippen molar-refractivity contribution in [2.75, 3.05) is 14.2 Å². The first-order chi connectivity index (χ1) is 7.63. The molecule has 0 aliphatic rings. The standard InChI is InChI=1S/C13H21NO2.ClH/c1-5-6-10(14)13-11(15-3)7-9(2)8-12(13)16-4;/h7-8,10H,5-6,14H2,1-4H3;1H/t10-;/m0./s1. The average molecular weight is 260 g/mol. The Morgan fingerprint density at radius 2 is 1.65 bits per heavy atom. The Hall–Kier alpha value is -0.930. The van der Waals surface area contributed by atoms with Crippen molar-refractivity contribution in [2.45, 2.75) is 32.7 Å². The van der Waals surface area contributed by atoms with Crippen molar-refractivity contribution >= 4 is 12.4 Å². The maximum atomic E-state index is 6.15. The zero-order valence-electron chi connectivity index (χ0n) is 10.9. The number of halogens is 1. The summed E-state index contributed by atoms with van der Waals surface area (Å²) in [6.45, 7) is 4.13. The van der Waals surface area contributed by atoms with Gasteiger partial charge in [0.05, 0.1) is 19.8 Å². The van der Waals surface area contributed by atoms with Gasteiger partial charge >= 0.3 is 0 Å². The van der Waals surface area contributed by atoms with Crippen LogP contribution in [0.3, 0.4) is 0 Å². The Bertz CT molecular complexity index is 330. The third kappa shape index (κ3) is 3.79. The summed E-state index contributed by atoms with van der Waals surface area (Å²) in [6.07, 6.45) is 1.97. The van der Waals surface area contributed by atoms with Gasteiger partial charge < -0.3 is 15.2 Å². The van der Waals surface area contributed by atoms with E-state index in [0.717, 1.165) is 35.5 Å². The summed E-state index contributed by atoms with van der Waals surface area (Å²) >= 11 is 0. The molecule has 3 nitrogen and oxygen atoms in total. The topological polar surface area (TPSA) is 44.5 Å². The summed E-state index contributed by atoms with van der Waals surface area (Å²) in [7, 11) is 3.33. The number of ether oxygens (including phenoxy) is 2. The maximum Gasteiger partial charge on any atom is 0.127 e. The summed E-state index contributed by atoms with van der Waals surface area (Å²) < 4.78 is 10.8. The van der Waals surface area contributed by atoms with Crippen LogP contribution in [0, 0.1) is 6.92 Å². The number of methoxy groups -OCH3 is 2. The molecule has 17 heavy (non-hydrogen) atoms. The van der Waals surface area contributed by atoms with Gasteiger partial charge in [-0.2, -0.15) is 0 Å². The van der Waals surface area contributed by atoms with Crippen LogP contribution in [0.15, 0.2) is 12.1 Å². The lowest BCUT2D eigenvalue weighted by atomic mass is 9.99. The predicted molar refractivity (Wildman–Crippen MR) is 73.4 cm³/mol. The smallest absolute Gasteiger partial charge is 0.127 e. The van der Waals surface area contributed by atoms with Crippen LogP contribution in [0.4, 0.5) is 0 Å². The molecule has 0 amide bonds. The summed E-state index contributed by atoms with van der Waals surface area (Å²) in [5.41, 5.74) is 8.23. The first kappa shape index (κ1) is 16.1. The van der Waals surface area contributed by atoms with Crippen LogP contribution >= 0.6 is 12.4 Å². The molecule has 0 heterocycles. The van der Waals surface area contributed by atoms with Gasteiger partial charge in [-0.25, -0.2) is 0 Å². The van der Waals surface area contributed by atoms with E-state index in [-0.39, 0.29) is 18.4 Å². The van der Waals surface area contributed by atoms with E-state index in [1.54, 1.807) is 14.2 Å². The van der Waals surface area contributed by atoms with Gasteiger partial charge in [0.1, 0.15) is 11.5 Å². The molecule has 2 N–H and O–H groups in total. The first-order valence-corrected chi connectivity index (χ1v) is 5.62. The second-order valence-corrected chi connectivity index (χ2v) is 3.98. The minimum absolute atomic E-state index is 0. The fourth-order valence-electron chi connectivity index (χ4n) is 1.89. The lowest BCUT2D eigenvalue weighted by Crippen LogP contribution is -2.13. The summed E-state index contributed by atoms with van der Waals surface area (Å²) in [4.78, 5) is 0. The SMILES string of the molecule is CCC[C@H](N)c1c(OC)cc(C)cc1OC.Cl. The molecule has 4 heteroatoms. The Kier molecular flexibility index (Phi) is 7.00. The number of benzene rings is 1. The Morgan fingerprint density at radius 1 is 1.18 bits per heavy atom. The van der Waals surface area contributed by atoms with Gasteiger partial charge in [-0.1, -0.05) is 13.3 Å². The van der Waals surface area contributed by atoms with Gasteiger partial charge in [0.15, 0.2) is 0 Å². The highest BCUT2D eigenvalue weighted by Crippen LogP contribution is 2.36. The first-order valence-electron chi connectivity index (χ1n) is 5.62. The monoisotopic (exact) mass is 259 g/mol. The molecule has 0 fully saturated rings. The Balaban J connectivity index is 0.00000256. The zero-order chi connectivity index (χ0) is 12.1. The normalized spacial score (nSPS) is 11.6. The van der Waals surface area contributed by atoms with Gasteiger partial charge in [0.2, 0.25) is 0 Å². The molecule has 1 aromatic rings. The fraction of sp³-hybridized carbons (Fsp3) is 0.538. The predicted octanol–water partition coefficient (Wildman–Crippen LogP) is 3.23. The molecule has 0 saturated heterocycles. The molecule has 1 rings (SSSR count). The van der Waals surface area contributed by atoms with Crippen molar-refractivity contribution in [2.24, 2.45) is 5.73 Å². The van der Waals surface area contributed by atoms with E-state index in [0.29, 0.717) is 0 Å². The van der Waals surface area contributed by atoms with Crippen molar-refractivity contribution in [3.63, 3.8) is 0 Å². The Labute approximate surface area is 110 Å². The zero-order valence-corrected chi connectivity index (χ0v) is 11.8. The number of hydrogen-bond donors (Lipinski definition) is 1. The van der Waals surface area contributed by atoms with E-state index in [4.69, 9.17) is 15.2 Å². The van der Waals surface area contributed by atoms with Gasteiger partial charge in [-0.05, 0) is 31.0 Å². The molecule has 0 spiro atoms. The molecule has 0 saturated carbocycles. The molecule has 0 aliphatic carbocycles. The number of hydrogen-bond acceptors (Lipinski definition) is 3. The second-order valence-electron chi connectivity index (χ2n) is 3.98. The van der Waals surface area contributed by atoms with Crippen LogP contribution in [0.2, 0.25) is 0 Å². The molecule has 0 unspecified atom stereocenters. The van der Waals surface area contributed by atoms with Crippen LogP contribution in [0.5, 0.6) is 11.5 Å². The Morgan fingerprint density at radius 3 is 2.00 bits per heavy atom. The third-order valence-corrected chi connectivity index (χ3v) is 2.66. The lowest BCUT2D eigenvalue weighted by Gasteiger charge is -2.19. The highest BCUT2D eigenvalue weighted by atomic mass is 35.5. The van der Waals surface area contributed by atoms with Gasteiger partial charge in [0, 0.05) is 6.04 Å². The highest BCUT2D eigenvalue weighted by Gasteiger charge is 2.17.